The molecule has 0 fully saturated rings. The molecule has 2 heteroatoms. The Labute approximate surface area is 71.0 Å². The van der Waals surface area contributed by atoms with Gasteiger partial charge in [0.25, 0.3) is 0 Å². The van der Waals surface area contributed by atoms with E-state index in [1.165, 1.54) is 0 Å². The van der Waals surface area contributed by atoms with Crippen molar-refractivity contribution in [2.45, 2.75) is 5.25 Å². The zero-order chi connectivity index (χ0) is 8.10. The normalized spacial score (nSPS) is 12.0. The van der Waals surface area contributed by atoms with Crippen molar-refractivity contribution in [3.05, 3.63) is 35.9 Å². The Bertz CT molecular complexity index is 250. The average molecular weight is 163 g/mol. The molecule has 0 aliphatic rings. The summed E-state index contributed by atoms with van der Waals surface area (Å²) in [4.78, 5) is 0. The molecule has 0 aliphatic heterocycles. The fraction of sp³-hybridized carbons (Fsp3) is 0.222. The summed E-state index contributed by atoms with van der Waals surface area (Å²) in [5.74, 6) is 0. The number of rotatable bonds is 2. The van der Waals surface area contributed by atoms with Crippen LogP contribution in [0.2, 0.25) is 0 Å². The number of nitrogens with zero attached hydrogens (tertiary/aromatic N) is 1. The van der Waals surface area contributed by atoms with Gasteiger partial charge in [-0.15, -0.1) is 11.8 Å². The van der Waals surface area contributed by atoms with Crippen molar-refractivity contribution in [1.82, 2.24) is 0 Å². The molecule has 0 saturated heterocycles. The summed E-state index contributed by atoms with van der Waals surface area (Å²) in [5.41, 5.74) is 1.09. The van der Waals surface area contributed by atoms with Crippen LogP contribution in [0.1, 0.15) is 10.8 Å². The second kappa shape index (κ2) is 4.05. The van der Waals surface area contributed by atoms with E-state index in [1.54, 1.807) is 11.8 Å². The van der Waals surface area contributed by atoms with Crippen LogP contribution in [-0.4, -0.2) is 6.26 Å². The Balaban J connectivity index is 2.85. The molecule has 0 spiro atoms. The summed E-state index contributed by atoms with van der Waals surface area (Å²) >= 11 is 1.56. The van der Waals surface area contributed by atoms with E-state index < -0.39 is 0 Å². The average Bonchev–Trinajstić information content (AvgIpc) is 2.09. The van der Waals surface area contributed by atoms with Crippen LogP contribution in [0.25, 0.3) is 0 Å². The van der Waals surface area contributed by atoms with E-state index in [0.29, 0.717) is 0 Å². The highest BCUT2D eigenvalue weighted by Crippen LogP contribution is 2.24. The minimum atomic E-state index is -0.0174. The van der Waals surface area contributed by atoms with E-state index >= 15 is 0 Å². The lowest BCUT2D eigenvalue weighted by molar-refractivity contribution is 1.23. The molecule has 1 nitrogen and oxygen atoms in total. The first-order valence-corrected chi connectivity index (χ1v) is 4.64. The van der Waals surface area contributed by atoms with E-state index in [0.717, 1.165) is 5.56 Å². The van der Waals surface area contributed by atoms with Crippen LogP contribution in [0.4, 0.5) is 0 Å². The van der Waals surface area contributed by atoms with Crippen LogP contribution in [0.5, 0.6) is 0 Å². The molecule has 0 unspecified atom stereocenters. The van der Waals surface area contributed by atoms with Crippen LogP contribution in [0.15, 0.2) is 30.3 Å². The Hall–Kier alpha value is -0.940. The molecule has 11 heavy (non-hydrogen) atoms. The summed E-state index contributed by atoms with van der Waals surface area (Å²) in [6, 6.07) is 12.0. The first-order valence-electron chi connectivity index (χ1n) is 3.36. The van der Waals surface area contributed by atoms with Crippen LogP contribution >= 0.6 is 11.8 Å². The van der Waals surface area contributed by atoms with Crippen molar-refractivity contribution < 1.29 is 0 Å². The van der Waals surface area contributed by atoms with Gasteiger partial charge in [-0.05, 0) is 11.8 Å². The van der Waals surface area contributed by atoms with Gasteiger partial charge in [-0.3, -0.25) is 0 Å². The molecule has 0 aromatic heterocycles. The molecule has 0 radical (unpaired) electrons. The Kier molecular flexibility index (Phi) is 3.00. The molecular formula is C9H9NS. The number of hydrogen-bond donors (Lipinski definition) is 0. The van der Waals surface area contributed by atoms with E-state index in [2.05, 4.69) is 6.07 Å². The fourth-order valence-corrected chi connectivity index (χ4v) is 1.43. The quantitative estimate of drug-likeness (QED) is 0.669. The lowest BCUT2D eigenvalue weighted by atomic mass is 10.2. The molecule has 0 saturated carbocycles. The van der Waals surface area contributed by atoms with Gasteiger partial charge in [-0.1, -0.05) is 30.3 Å². The first-order chi connectivity index (χ1) is 5.38. The van der Waals surface area contributed by atoms with E-state index in [-0.39, 0.29) is 5.25 Å². The predicted molar refractivity (Wildman–Crippen MR) is 48.3 cm³/mol. The molecule has 0 amide bonds. The summed E-state index contributed by atoms with van der Waals surface area (Å²) in [6.45, 7) is 0. The highest BCUT2D eigenvalue weighted by atomic mass is 32.2. The van der Waals surface area contributed by atoms with Crippen molar-refractivity contribution >= 4 is 11.8 Å². The molecule has 0 aliphatic carbocycles. The smallest absolute Gasteiger partial charge is 0.116 e. The van der Waals surface area contributed by atoms with Crippen molar-refractivity contribution in [3.8, 4) is 6.07 Å². The zero-order valence-electron chi connectivity index (χ0n) is 6.32. The maximum absolute atomic E-state index is 8.71. The van der Waals surface area contributed by atoms with Gasteiger partial charge in [0.1, 0.15) is 5.25 Å². The fourth-order valence-electron chi connectivity index (χ4n) is 0.891. The van der Waals surface area contributed by atoms with Gasteiger partial charge in [-0.25, -0.2) is 0 Å². The van der Waals surface area contributed by atoms with Crippen molar-refractivity contribution in [1.29, 1.82) is 5.26 Å². The molecule has 1 atom stereocenters. The molecule has 1 rings (SSSR count). The van der Waals surface area contributed by atoms with Crippen LogP contribution in [0, 0.1) is 11.3 Å². The molecule has 0 bridgehead atoms. The molecule has 0 N–H and O–H groups in total. The molecule has 56 valence electrons. The van der Waals surface area contributed by atoms with Gasteiger partial charge < -0.3 is 0 Å². The third-order valence-corrected chi connectivity index (χ3v) is 2.30. The monoisotopic (exact) mass is 163 g/mol. The maximum Gasteiger partial charge on any atom is 0.116 e. The van der Waals surface area contributed by atoms with Crippen LogP contribution < -0.4 is 0 Å². The minimum Gasteiger partial charge on any atom is -0.197 e. The topological polar surface area (TPSA) is 23.8 Å². The highest BCUT2D eigenvalue weighted by molar-refractivity contribution is 7.99. The predicted octanol–water partition coefficient (Wildman–Crippen LogP) is 2.61. The molecule has 1 aromatic rings. The van der Waals surface area contributed by atoms with Crippen LogP contribution in [0.3, 0.4) is 0 Å². The lowest BCUT2D eigenvalue weighted by Crippen LogP contribution is -1.87. The Morgan fingerprint density at radius 3 is 2.45 bits per heavy atom. The molecular weight excluding hydrogens is 154 g/mol. The zero-order valence-corrected chi connectivity index (χ0v) is 7.14. The summed E-state index contributed by atoms with van der Waals surface area (Å²) < 4.78 is 0. The van der Waals surface area contributed by atoms with E-state index in [4.69, 9.17) is 5.26 Å². The highest BCUT2D eigenvalue weighted by Gasteiger charge is 2.05. The second-order valence-corrected chi connectivity index (χ2v) is 3.10. The van der Waals surface area contributed by atoms with Gasteiger partial charge in [0.05, 0.1) is 6.07 Å². The van der Waals surface area contributed by atoms with E-state index in [1.807, 2.05) is 36.6 Å². The largest absolute Gasteiger partial charge is 0.197 e. The molecule has 1 aromatic carbocycles. The van der Waals surface area contributed by atoms with Gasteiger partial charge in [0.15, 0.2) is 0 Å². The maximum atomic E-state index is 8.71. The third-order valence-electron chi connectivity index (χ3n) is 1.46. The Morgan fingerprint density at radius 1 is 1.36 bits per heavy atom. The van der Waals surface area contributed by atoms with Crippen molar-refractivity contribution in [2.24, 2.45) is 0 Å². The first kappa shape index (κ1) is 8.16. The summed E-state index contributed by atoms with van der Waals surface area (Å²) in [5, 5.41) is 8.69. The van der Waals surface area contributed by atoms with Crippen molar-refractivity contribution in [3.63, 3.8) is 0 Å². The third kappa shape index (κ3) is 1.99. The SMILES string of the molecule is CS[C@H](C#N)c1ccccc1. The molecule has 0 heterocycles. The van der Waals surface area contributed by atoms with E-state index in [9.17, 15) is 0 Å². The van der Waals surface area contributed by atoms with Gasteiger partial charge in [-0.2, -0.15) is 5.26 Å². The van der Waals surface area contributed by atoms with Gasteiger partial charge in [0, 0.05) is 0 Å². The number of benzene rings is 1. The van der Waals surface area contributed by atoms with Crippen LogP contribution in [-0.2, 0) is 0 Å². The van der Waals surface area contributed by atoms with Gasteiger partial charge in [0.2, 0.25) is 0 Å². The Morgan fingerprint density at radius 2 is 2.00 bits per heavy atom. The van der Waals surface area contributed by atoms with Crippen molar-refractivity contribution in [2.75, 3.05) is 6.26 Å². The summed E-state index contributed by atoms with van der Waals surface area (Å²) in [6.07, 6.45) is 1.95. The second-order valence-electron chi connectivity index (χ2n) is 2.16. The number of nitriles is 1. The number of thioether (sulfide) groups is 1. The minimum absolute atomic E-state index is 0.0174. The summed E-state index contributed by atoms with van der Waals surface area (Å²) in [7, 11) is 0. The lowest BCUT2D eigenvalue weighted by Gasteiger charge is -2.03. The number of hydrogen-bond acceptors (Lipinski definition) is 2. The van der Waals surface area contributed by atoms with Gasteiger partial charge >= 0.3 is 0 Å². The standard InChI is InChI=1S/C9H9NS/c1-11-9(7-10)8-5-3-2-4-6-8/h2-6,9H,1H3/t9-/m1/s1.